The van der Waals surface area contributed by atoms with Crippen LogP contribution in [0.4, 0.5) is 0 Å². The number of aliphatic hydroxyl groups is 1. The number of rotatable bonds is 2. The van der Waals surface area contributed by atoms with Gasteiger partial charge >= 0.3 is 0 Å². The molecule has 1 heterocycles. The SMILES string of the molecule is [C-]#[N+]C1=C(O)C(C)(C)[C@@H]2CC[C@]3(C)C(=CC(=O)[C@@H]4[C@@H]5CC(C)(C)CC[C@]5(CN5CCC5)CC[C@]43C)[C@@]2(C)C1. The lowest BCUT2D eigenvalue weighted by Gasteiger charge is -2.70. The Morgan fingerprint density at radius 1 is 1.03 bits per heavy atom. The van der Waals surface area contributed by atoms with Crippen molar-refractivity contribution in [3.05, 3.63) is 34.5 Å². The standard InChI is InChI=1S/C34H50N2O2/c1-29(2)12-14-34(21-36-16-9-17-36)15-13-33(7)27(22(34)19-29)24(37)18-26-31(5)20-23(35-8)28(38)30(3,4)25(31)10-11-32(26,33)6/h18,22,25,27,38H,9-17,19-21H2,1-7H3/t22-,25-,27-,31-,32+,33+,34+/m0/s1. The zero-order valence-corrected chi connectivity index (χ0v) is 25.0. The van der Waals surface area contributed by atoms with Crippen molar-refractivity contribution in [2.45, 2.75) is 106 Å². The average molecular weight is 519 g/mol. The number of nitrogens with zero attached hydrogens (tertiary/aromatic N) is 2. The second-order valence-electron chi connectivity index (χ2n) is 16.5. The van der Waals surface area contributed by atoms with E-state index >= 15 is 0 Å². The summed E-state index contributed by atoms with van der Waals surface area (Å²) >= 11 is 0. The highest BCUT2D eigenvalue weighted by Gasteiger charge is 2.69. The summed E-state index contributed by atoms with van der Waals surface area (Å²) in [6.45, 7) is 27.9. The van der Waals surface area contributed by atoms with E-state index < -0.39 is 5.41 Å². The highest BCUT2D eigenvalue weighted by Crippen LogP contribution is 2.75. The number of carbonyl (C=O) groups excluding carboxylic acids is 1. The number of allylic oxidation sites excluding steroid dienone is 4. The van der Waals surface area contributed by atoms with Gasteiger partial charge in [0.2, 0.25) is 5.70 Å². The molecule has 38 heavy (non-hydrogen) atoms. The molecule has 1 saturated heterocycles. The molecule has 5 aliphatic carbocycles. The van der Waals surface area contributed by atoms with Crippen molar-refractivity contribution >= 4 is 5.78 Å². The first-order valence-electron chi connectivity index (χ1n) is 15.4. The molecule has 6 rings (SSSR count). The van der Waals surface area contributed by atoms with Gasteiger partial charge in [0.25, 0.3) is 0 Å². The van der Waals surface area contributed by atoms with Crippen LogP contribution in [0.15, 0.2) is 23.1 Å². The molecule has 0 amide bonds. The molecule has 0 aromatic heterocycles. The van der Waals surface area contributed by atoms with E-state index in [9.17, 15) is 9.90 Å². The van der Waals surface area contributed by atoms with Crippen molar-refractivity contribution in [3.63, 3.8) is 0 Å². The Bertz CT molecular complexity index is 1170. The molecule has 1 aliphatic heterocycles. The van der Waals surface area contributed by atoms with Crippen LogP contribution >= 0.6 is 0 Å². The van der Waals surface area contributed by atoms with Gasteiger partial charge in [-0.05, 0) is 116 Å². The Labute approximate surface area is 231 Å². The lowest BCUT2D eigenvalue weighted by Crippen LogP contribution is -2.66. The molecule has 4 fully saturated rings. The quantitative estimate of drug-likeness (QED) is 0.377. The van der Waals surface area contributed by atoms with E-state index in [1.165, 1.54) is 50.9 Å². The molecule has 0 aromatic carbocycles. The summed E-state index contributed by atoms with van der Waals surface area (Å²) in [5.74, 6) is 1.42. The van der Waals surface area contributed by atoms with Gasteiger partial charge in [-0.3, -0.25) is 4.79 Å². The molecule has 0 radical (unpaired) electrons. The third-order valence-corrected chi connectivity index (χ3v) is 13.8. The Morgan fingerprint density at radius 2 is 1.71 bits per heavy atom. The Hall–Kier alpha value is -1.60. The van der Waals surface area contributed by atoms with Crippen LogP contribution in [0.5, 0.6) is 0 Å². The van der Waals surface area contributed by atoms with E-state index in [4.69, 9.17) is 6.57 Å². The smallest absolute Gasteiger partial charge is 0.203 e. The summed E-state index contributed by atoms with van der Waals surface area (Å²) in [6.07, 6.45) is 12.2. The first-order valence-corrected chi connectivity index (χ1v) is 15.4. The maximum Gasteiger partial charge on any atom is 0.203 e. The maximum absolute atomic E-state index is 14.6. The highest BCUT2D eigenvalue weighted by atomic mass is 16.3. The van der Waals surface area contributed by atoms with Gasteiger partial charge in [0.05, 0.1) is 6.57 Å². The minimum Gasteiger partial charge on any atom is -0.523 e. The minimum atomic E-state index is -0.456. The summed E-state index contributed by atoms with van der Waals surface area (Å²) in [4.78, 5) is 21.1. The highest BCUT2D eigenvalue weighted by molar-refractivity contribution is 5.95. The van der Waals surface area contributed by atoms with Crippen LogP contribution < -0.4 is 0 Å². The second-order valence-corrected chi connectivity index (χ2v) is 16.5. The monoisotopic (exact) mass is 518 g/mol. The third kappa shape index (κ3) is 3.27. The Morgan fingerprint density at radius 3 is 2.34 bits per heavy atom. The molecule has 7 atom stereocenters. The van der Waals surface area contributed by atoms with Crippen molar-refractivity contribution in [3.8, 4) is 0 Å². The molecule has 3 saturated carbocycles. The van der Waals surface area contributed by atoms with Crippen LogP contribution in [0, 0.1) is 56.8 Å². The lowest BCUT2D eigenvalue weighted by molar-refractivity contribution is -0.177. The van der Waals surface area contributed by atoms with Crippen LogP contribution in [0.2, 0.25) is 0 Å². The van der Waals surface area contributed by atoms with Gasteiger partial charge in [0, 0.05) is 17.9 Å². The number of ketones is 1. The fourth-order valence-electron chi connectivity index (χ4n) is 11.3. The van der Waals surface area contributed by atoms with Gasteiger partial charge in [-0.15, -0.1) is 0 Å². The normalized spacial score (nSPS) is 47.5. The molecule has 1 N–H and O–H groups in total. The topological polar surface area (TPSA) is 44.9 Å². The number of aliphatic hydroxyl groups excluding tert-OH is 1. The summed E-state index contributed by atoms with van der Waals surface area (Å²) in [5, 5.41) is 11.1. The minimum absolute atomic E-state index is 0.0580. The molecule has 4 nitrogen and oxygen atoms in total. The van der Waals surface area contributed by atoms with E-state index in [0.717, 1.165) is 25.7 Å². The zero-order valence-electron chi connectivity index (χ0n) is 25.0. The van der Waals surface area contributed by atoms with E-state index in [-0.39, 0.29) is 44.7 Å². The fourth-order valence-corrected chi connectivity index (χ4v) is 11.3. The van der Waals surface area contributed by atoms with E-state index in [1.807, 2.05) is 0 Å². The predicted octanol–water partition coefficient (Wildman–Crippen LogP) is 7.97. The fraction of sp³-hybridized carbons (Fsp3) is 0.824. The molecule has 0 bridgehead atoms. The number of hydrogen-bond donors (Lipinski definition) is 1. The van der Waals surface area contributed by atoms with E-state index in [1.54, 1.807) is 0 Å². The molecular formula is C34H50N2O2. The first kappa shape index (κ1) is 26.6. The van der Waals surface area contributed by atoms with Gasteiger partial charge in [-0.2, -0.15) is 0 Å². The molecule has 0 unspecified atom stereocenters. The second kappa shape index (κ2) is 7.99. The van der Waals surface area contributed by atoms with Crippen LogP contribution in [0.1, 0.15) is 106 Å². The molecule has 208 valence electrons. The average Bonchev–Trinajstić information content (AvgIpc) is 2.81. The van der Waals surface area contributed by atoms with Gasteiger partial charge in [-0.1, -0.05) is 54.0 Å². The van der Waals surface area contributed by atoms with Crippen LogP contribution in [0.3, 0.4) is 0 Å². The predicted molar refractivity (Wildman–Crippen MR) is 152 cm³/mol. The Kier molecular flexibility index (Phi) is 5.60. The van der Waals surface area contributed by atoms with Gasteiger partial charge in [0.15, 0.2) is 5.78 Å². The van der Waals surface area contributed by atoms with Crippen molar-refractivity contribution in [2.75, 3.05) is 19.6 Å². The number of likely N-dealkylation sites (tertiary alicyclic amines) is 1. The number of fused-ring (bicyclic) bond motifs is 7. The molecule has 4 heteroatoms. The van der Waals surface area contributed by atoms with Gasteiger partial charge in [-0.25, -0.2) is 4.85 Å². The first-order chi connectivity index (χ1) is 17.6. The number of hydrogen-bond acceptors (Lipinski definition) is 3. The zero-order chi connectivity index (χ0) is 27.5. The molecular weight excluding hydrogens is 468 g/mol. The number of carbonyl (C=O) groups is 1. The Balaban J connectivity index is 1.47. The van der Waals surface area contributed by atoms with Crippen LogP contribution in [-0.2, 0) is 4.79 Å². The lowest BCUT2D eigenvalue weighted by atomic mass is 9.34. The third-order valence-electron chi connectivity index (χ3n) is 13.8. The molecule has 0 aromatic rings. The molecule has 6 aliphatic rings. The maximum atomic E-state index is 14.6. The van der Waals surface area contributed by atoms with Gasteiger partial charge < -0.3 is 10.0 Å². The summed E-state index contributed by atoms with van der Waals surface area (Å²) in [6, 6.07) is 0. The van der Waals surface area contributed by atoms with Crippen LogP contribution in [-0.4, -0.2) is 35.4 Å². The largest absolute Gasteiger partial charge is 0.523 e. The van der Waals surface area contributed by atoms with Crippen molar-refractivity contribution < 1.29 is 9.90 Å². The summed E-state index contributed by atoms with van der Waals surface area (Å²) in [7, 11) is 0. The summed E-state index contributed by atoms with van der Waals surface area (Å²) < 4.78 is 0. The molecule has 0 spiro atoms. The van der Waals surface area contributed by atoms with Gasteiger partial charge in [0.1, 0.15) is 5.76 Å². The van der Waals surface area contributed by atoms with Crippen molar-refractivity contribution in [1.82, 2.24) is 4.90 Å². The van der Waals surface area contributed by atoms with Crippen LogP contribution in [0.25, 0.3) is 4.85 Å². The van der Waals surface area contributed by atoms with Crippen molar-refractivity contribution in [2.24, 2.45) is 50.2 Å². The summed E-state index contributed by atoms with van der Waals surface area (Å²) in [5.41, 5.74) is 1.52. The van der Waals surface area contributed by atoms with Crippen molar-refractivity contribution in [1.29, 1.82) is 0 Å². The van der Waals surface area contributed by atoms with E-state index in [0.29, 0.717) is 23.8 Å². The van der Waals surface area contributed by atoms with E-state index in [2.05, 4.69) is 64.3 Å².